The van der Waals surface area contributed by atoms with Crippen molar-refractivity contribution in [3.63, 3.8) is 0 Å². The van der Waals surface area contributed by atoms with Crippen LogP contribution in [0.4, 0.5) is 0 Å². The number of carbonyl (C=O) groups excluding carboxylic acids is 1. The van der Waals surface area contributed by atoms with E-state index in [9.17, 15) is 9.59 Å². The Kier molecular flexibility index (Phi) is 4.04. The molecular formula is C13H15NO3S. The zero-order chi connectivity index (χ0) is 13.1. The second-order valence-corrected chi connectivity index (χ2v) is 5.70. The van der Waals surface area contributed by atoms with Crippen molar-refractivity contribution in [2.45, 2.75) is 17.7 Å². The highest BCUT2D eigenvalue weighted by molar-refractivity contribution is 8.14. The second kappa shape index (κ2) is 5.54. The molecule has 0 unspecified atom stereocenters. The Balaban J connectivity index is 1.96. The molecule has 2 atom stereocenters. The first-order valence-corrected chi connectivity index (χ1v) is 6.65. The van der Waals surface area contributed by atoms with Crippen LogP contribution in [0.5, 0.6) is 0 Å². The summed E-state index contributed by atoms with van der Waals surface area (Å²) in [6.45, 7) is 0.639. The summed E-state index contributed by atoms with van der Waals surface area (Å²) in [7, 11) is 1.78. The van der Waals surface area contributed by atoms with Crippen molar-refractivity contribution < 1.29 is 14.7 Å². The average Bonchev–Trinajstić information content (AvgIpc) is 2.71. The van der Waals surface area contributed by atoms with Crippen LogP contribution in [0.2, 0.25) is 0 Å². The standard InChI is InChI=1S/C13H15NO3S/c1-14-8-10(7-11(14)12(15)16)18-13(17)9-5-3-2-4-6-9/h2-6,10-11H,7-8H2,1H3,(H,15,16)/t10-,11-/m0/s1. The highest BCUT2D eigenvalue weighted by atomic mass is 32.2. The SMILES string of the molecule is CN1C[C@@H](SC(=O)c2ccccc2)C[C@H]1C(=O)O. The third-order valence-corrected chi connectivity index (χ3v) is 4.20. The summed E-state index contributed by atoms with van der Waals surface area (Å²) >= 11 is 1.24. The van der Waals surface area contributed by atoms with Crippen LogP contribution in [0, 0.1) is 0 Å². The Morgan fingerprint density at radius 1 is 1.33 bits per heavy atom. The summed E-state index contributed by atoms with van der Waals surface area (Å²) in [6.07, 6.45) is 0.523. The van der Waals surface area contributed by atoms with Crippen molar-refractivity contribution in [1.29, 1.82) is 0 Å². The van der Waals surface area contributed by atoms with E-state index in [0.29, 0.717) is 18.5 Å². The fourth-order valence-electron chi connectivity index (χ4n) is 2.12. The van der Waals surface area contributed by atoms with Gasteiger partial charge in [0.25, 0.3) is 0 Å². The zero-order valence-electron chi connectivity index (χ0n) is 10.1. The van der Waals surface area contributed by atoms with Crippen molar-refractivity contribution in [2.75, 3.05) is 13.6 Å². The Labute approximate surface area is 110 Å². The van der Waals surface area contributed by atoms with Crippen molar-refractivity contribution in [1.82, 2.24) is 4.90 Å². The maximum absolute atomic E-state index is 12.0. The molecule has 4 nitrogen and oxygen atoms in total. The van der Waals surface area contributed by atoms with Crippen LogP contribution in [0.15, 0.2) is 30.3 Å². The van der Waals surface area contributed by atoms with E-state index in [2.05, 4.69) is 0 Å². The molecule has 1 aliphatic heterocycles. The van der Waals surface area contributed by atoms with E-state index in [-0.39, 0.29) is 10.4 Å². The van der Waals surface area contributed by atoms with Crippen LogP contribution >= 0.6 is 11.8 Å². The summed E-state index contributed by atoms with van der Waals surface area (Å²) in [5, 5.41) is 9.09. The number of hydrogen-bond donors (Lipinski definition) is 1. The number of hydrogen-bond acceptors (Lipinski definition) is 4. The molecule has 1 aliphatic rings. The number of carboxylic acids is 1. The first-order valence-electron chi connectivity index (χ1n) is 5.77. The molecule has 1 aromatic carbocycles. The molecular weight excluding hydrogens is 250 g/mol. The van der Waals surface area contributed by atoms with Crippen molar-refractivity contribution in [3.05, 3.63) is 35.9 Å². The largest absolute Gasteiger partial charge is 0.480 e. The number of thioether (sulfide) groups is 1. The first-order chi connectivity index (χ1) is 8.58. The Morgan fingerprint density at radius 3 is 2.56 bits per heavy atom. The predicted molar refractivity (Wildman–Crippen MR) is 70.8 cm³/mol. The van der Waals surface area contributed by atoms with Crippen molar-refractivity contribution in [3.8, 4) is 0 Å². The van der Waals surface area contributed by atoms with Gasteiger partial charge in [-0.15, -0.1) is 0 Å². The Bertz CT molecular complexity index is 449. The molecule has 1 saturated heterocycles. The Morgan fingerprint density at radius 2 is 2.00 bits per heavy atom. The van der Waals surface area contributed by atoms with Gasteiger partial charge in [-0.2, -0.15) is 0 Å². The van der Waals surface area contributed by atoms with Crippen LogP contribution in [0.3, 0.4) is 0 Å². The lowest BCUT2D eigenvalue weighted by Crippen LogP contribution is -2.32. The van der Waals surface area contributed by atoms with E-state index in [0.717, 1.165) is 0 Å². The number of benzene rings is 1. The Hall–Kier alpha value is -1.33. The van der Waals surface area contributed by atoms with Crippen LogP contribution in [0.25, 0.3) is 0 Å². The monoisotopic (exact) mass is 265 g/mol. The van der Waals surface area contributed by atoms with Gasteiger partial charge in [-0.3, -0.25) is 14.5 Å². The number of nitrogens with zero attached hydrogens (tertiary/aromatic N) is 1. The molecule has 18 heavy (non-hydrogen) atoms. The molecule has 2 rings (SSSR count). The topological polar surface area (TPSA) is 57.6 Å². The predicted octanol–water partition coefficient (Wildman–Crippen LogP) is 1.72. The van der Waals surface area contributed by atoms with E-state index >= 15 is 0 Å². The number of rotatable bonds is 3. The smallest absolute Gasteiger partial charge is 0.320 e. The van der Waals surface area contributed by atoms with Gasteiger partial charge in [-0.05, 0) is 13.5 Å². The molecule has 1 fully saturated rings. The van der Waals surface area contributed by atoms with Gasteiger partial charge in [-0.1, -0.05) is 42.1 Å². The molecule has 0 bridgehead atoms. The van der Waals surface area contributed by atoms with Crippen molar-refractivity contribution in [2.24, 2.45) is 0 Å². The number of likely N-dealkylation sites (N-methyl/N-ethyl adjacent to an activating group) is 1. The lowest BCUT2D eigenvalue weighted by Gasteiger charge is -2.13. The molecule has 5 heteroatoms. The van der Waals surface area contributed by atoms with Gasteiger partial charge >= 0.3 is 5.97 Å². The van der Waals surface area contributed by atoms with Gasteiger partial charge in [-0.25, -0.2) is 0 Å². The van der Waals surface area contributed by atoms with Crippen LogP contribution < -0.4 is 0 Å². The molecule has 1 N–H and O–H groups in total. The van der Waals surface area contributed by atoms with E-state index in [1.807, 2.05) is 18.2 Å². The maximum Gasteiger partial charge on any atom is 0.320 e. The molecule has 0 spiro atoms. The fraction of sp³-hybridized carbons (Fsp3) is 0.385. The lowest BCUT2D eigenvalue weighted by atomic mass is 10.2. The van der Waals surface area contributed by atoms with Crippen molar-refractivity contribution >= 4 is 22.8 Å². The quantitative estimate of drug-likeness (QED) is 0.901. The normalized spacial score (nSPS) is 24.1. The van der Waals surface area contributed by atoms with Gasteiger partial charge < -0.3 is 5.11 Å². The highest BCUT2D eigenvalue weighted by Crippen LogP contribution is 2.28. The zero-order valence-corrected chi connectivity index (χ0v) is 10.9. The number of aliphatic carboxylic acids is 1. The molecule has 0 aliphatic carbocycles. The lowest BCUT2D eigenvalue weighted by molar-refractivity contribution is -0.141. The molecule has 0 aromatic heterocycles. The average molecular weight is 265 g/mol. The molecule has 0 radical (unpaired) electrons. The number of carboxylic acid groups (broad SMARTS) is 1. The minimum Gasteiger partial charge on any atom is -0.480 e. The molecule has 96 valence electrons. The van der Waals surface area contributed by atoms with Crippen LogP contribution in [0.1, 0.15) is 16.8 Å². The molecule has 0 saturated carbocycles. The van der Waals surface area contributed by atoms with Crippen LogP contribution in [-0.2, 0) is 4.79 Å². The summed E-state index contributed by atoms with van der Waals surface area (Å²) < 4.78 is 0. The van der Waals surface area contributed by atoms with Gasteiger partial charge in [0.15, 0.2) is 0 Å². The van der Waals surface area contributed by atoms with Gasteiger partial charge in [0, 0.05) is 17.4 Å². The van der Waals surface area contributed by atoms with E-state index in [1.54, 1.807) is 24.1 Å². The highest BCUT2D eigenvalue weighted by Gasteiger charge is 2.35. The maximum atomic E-state index is 12.0. The minimum atomic E-state index is -0.812. The fourth-order valence-corrected chi connectivity index (χ4v) is 3.28. The molecule has 1 heterocycles. The van der Waals surface area contributed by atoms with E-state index < -0.39 is 12.0 Å². The second-order valence-electron chi connectivity index (χ2n) is 4.42. The van der Waals surface area contributed by atoms with Crippen LogP contribution in [-0.4, -0.2) is 46.0 Å². The first kappa shape index (κ1) is 13.1. The van der Waals surface area contributed by atoms with Gasteiger partial charge in [0.05, 0.1) is 0 Å². The number of likely N-dealkylation sites (tertiary alicyclic amines) is 1. The number of carbonyl (C=O) groups is 2. The van der Waals surface area contributed by atoms with Gasteiger partial charge in [0.2, 0.25) is 5.12 Å². The van der Waals surface area contributed by atoms with Gasteiger partial charge in [0.1, 0.15) is 6.04 Å². The third kappa shape index (κ3) is 2.91. The molecule has 1 aromatic rings. The summed E-state index contributed by atoms with van der Waals surface area (Å²) in [4.78, 5) is 24.7. The summed E-state index contributed by atoms with van der Waals surface area (Å²) in [5.41, 5.74) is 0.670. The summed E-state index contributed by atoms with van der Waals surface area (Å²) in [6, 6.07) is 8.62. The summed E-state index contributed by atoms with van der Waals surface area (Å²) in [5.74, 6) is -0.812. The third-order valence-electron chi connectivity index (χ3n) is 3.08. The minimum absolute atomic E-state index is 0.0139. The molecule has 0 amide bonds. The van der Waals surface area contributed by atoms with E-state index in [4.69, 9.17) is 5.11 Å². The van der Waals surface area contributed by atoms with E-state index in [1.165, 1.54) is 11.8 Å².